The smallest absolute Gasteiger partial charge is 0.270 e. The first-order chi connectivity index (χ1) is 16.3. The minimum Gasteiger partial charge on any atom is -0.380 e. The maximum atomic E-state index is 13.2. The number of carbonyl (C=O) groups excluding carboxylic acids is 1. The molecule has 1 aliphatic rings. The maximum Gasteiger partial charge on any atom is 0.270 e. The summed E-state index contributed by atoms with van der Waals surface area (Å²) in [4.78, 5) is 25.4. The largest absolute Gasteiger partial charge is 0.380 e. The van der Waals surface area contributed by atoms with Crippen molar-refractivity contribution in [1.29, 1.82) is 0 Å². The summed E-state index contributed by atoms with van der Waals surface area (Å²) in [7, 11) is 6.19. The van der Waals surface area contributed by atoms with E-state index >= 15 is 0 Å². The molecule has 0 saturated carbocycles. The lowest BCUT2D eigenvalue weighted by molar-refractivity contribution is 0.0708. The van der Waals surface area contributed by atoms with Crippen molar-refractivity contribution >= 4 is 55.3 Å². The first-order valence-electron chi connectivity index (χ1n) is 11.7. The van der Waals surface area contributed by atoms with Crippen molar-refractivity contribution in [3.8, 4) is 0 Å². The second-order valence-electron chi connectivity index (χ2n) is 9.21. The Morgan fingerprint density at radius 1 is 1.21 bits per heavy atom. The number of halogens is 1. The third-order valence-corrected chi connectivity index (χ3v) is 7.62. The van der Waals surface area contributed by atoms with Crippen LogP contribution in [0.1, 0.15) is 37.2 Å². The monoisotopic (exact) mass is 575 g/mol. The SMILES string of the molecule is CC(C)Nc1cccnc1N(C)C1CCN(C(=O)c2cc3cc(N=IN(C)C)ccc3[nH]2)CC1. The van der Waals surface area contributed by atoms with E-state index in [4.69, 9.17) is 0 Å². The number of rotatable bonds is 7. The van der Waals surface area contributed by atoms with Crippen molar-refractivity contribution in [2.45, 2.75) is 38.8 Å². The van der Waals surface area contributed by atoms with Crippen molar-refractivity contribution in [3.63, 3.8) is 0 Å². The zero-order valence-electron chi connectivity index (χ0n) is 20.5. The van der Waals surface area contributed by atoms with Gasteiger partial charge in [0, 0.05) is 49.3 Å². The summed E-state index contributed by atoms with van der Waals surface area (Å²) >= 11 is -0.361. The molecule has 182 valence electrons. The van der Waals surface area contributed by atoms with Crippen molar-refractivity contribution in [1.82, 2.24) is 18.0 Å². The van der Waals surface area contributed by atoms with E-state index in [1.165, 1.54) is 0 Å². The molecule has 1 aliphatic heterocycles. The van der Waals surface area contributed by atoms with Crippen molar-refractivity contribution in [2.24, 2.45) is 3.15 Å². The molecule has 2 N–H and O–H groups in total. The van der Waals surface area contributed by atoms with Crippen molar-refractivity contribution in [3.05, 3.63) is 48.3 Å². The predicted octanol–water partition coefficient (Wildman–Crippen LogP) is 5.39. The van der Waals surface area contributed by atoms with Crippen LogP contribution in [0, 0.1) is 0 Å². The number of carbonyl (C=O) groups is 1. The van der Waals surface area contributed by atoms with Gasteiger partial charge in [-0.25, -0.2) is 11.2 Å². The summed E-state index contributed by atoms with van der Waals surface area (Å²) in [6, 6.07) is 12.8. The van der Waals surface area contributed by atoms with E-state index in [0.717, 1.165) is 54.0 Å². The highest BCUT2D eigenvalue weighted by atomic mass is 127. The molecule has 3 aromatic rings. The van der Waals surface area contributed by atoms with Gasteiger partial charge in [-0.3, -0.25) is 4.79 Å². The van der Waals surface area contributed by atoms with Crippen LogP contribution in [0.3, 0.4) is 0 Å². The zero-order valence-corrected chi connectivity index (χ0v) is 22.7. The normalized spacial score (nSPS) is 15.3. The molecule has 0 atom stereocenters. The Morgan fingerprint density at radius 2 is 1.97 bits per heavy atom. The molecule has 9 heteroatoms. The van der Waals surface area contributed by atoms with Gasteiger partial charge in [0.15, 0.2) is 5.82 Å². The minimum atomic E-state index is -0.361. The van der Waals surface area contributed by atoms with E-state index in [1.54, 1.807) is 0 Å². The molecule has 2 aromatic heterocycles. The van der Waals surface area contributed by atoms with Gasteiger partial charge in [0.1, 0.15) is 5.69 Å². The third-order valence-electron chi connectivity index (χ3n) is 5.99. The van der Waals surface area contributed by atoms with Gasteiger partial charge in [0.2, 0.25) is 0 Å². The van der Waals surface area contributed by atoms with Gasteiger partial charge in [-0.1, -0.05) is 0 Å². The van der Waals surface area contributed by atoms with Crippen LogP contribution in [0.25, 0.3) is 10.9 Å². The molecule has 1 aromatic carbocycles. The lowest BCUT2D eigenvalue weighted by atomic mass is 10.0. The average Bonchev–Trinajstić information content (AvgIpc) is 3.25. The fourth-order valence-corrected chi connectivity index (χ4v) is 5.29. The summed E-state index contributed by atoms with van der Waals surface area (Å²) in [5.41, 5.74) is 3.64. The number of piperidine rings is 1. The van der Waals surface area contributed by atoms with E-state index in [-0.39, 0.29) is 27.2 Å². The number of benzene rings is 1. The van der Waals surface area contributed by atoms with Gasteiger partial charge in [-0.15, -0.1) is 0 Å². The first kappa shape index (κ1) is 24.6. The number of pyridine rings is 1. The summed E-state index contributed by atoms with van der Waals surface area (Å²) in [5, 5.41) is 4.52. The van der Waals surface area contributed by atoms with Crippen LogP contribution in [0.4, 0.5) is 17.2 Å². The number of aromatic amines is 1. The van der Waals surface area contributed by atoms with Crippen molar-refractivity contribution in [2.75, 3.05) is 44.4 Å². The van der Waals surface area contributed by atoms with Gasteiger partial charge in [0.05, 0.1) is 32.7 Å². The molecular formula is C25H34IN7O. The second-order valence-corrected chi connectivity index (χ2v) is 12.1. The number of hydrogen-bond acceptors (Lipinski definition) is 5. The number of nitrogens with one attached hydrogen (secondary N) is 2. The fourth-order valence-electron chi connectivity index (χ4n) is 4.31. The zero-order chi connectivity index (χ0) is 24.2. The molecule has 34 heavy (non-hydrogen) atoms. The summed E-state index contributed by atoms with van der Waals surface area (Å²) in [5.74, 6) is 1.03. The molecule has 8 nitrogen and oxygen atoms in total. The van der Waals surface area contributed by atoms with Gasteiger partial charge in [-0.05, 0) is 77.2 Å². The highest BCUT2D eigenvalue weighted by Gasteiger charge is 2.28. The van der Waals surface area contributed by atoms with Gasteiger partial charge < -0.3 is 20.1 Å². The Labute approximate surface area is 212 Å². The maximum absolute atomic E-state index is 13.2. The number of fused-ring (bicyclic) bond motifs is 1. The van der Waals surface area contributed by atoms with Crippen molar-refractivity contribution < 1.29 is 4.79 Å². The molecule has 1 saturated heterocycles. The molecule has 1 amide bonds. The van der Waals surface area contributed by atoms with Crippen LogP contribution >= 0.6 is 21.3 Å². The Bertz CT molecular complexity index is 1170. The van der Waals surface area contributed by atoms with Crippen LogP contribution in [-0.4, -0.2) is 70.2 Å². The Balaban J connectivity index is 1.41. The average molecular weight is 575 g/mol. The van der Waals surface area contributed by atoms with E-state index in [1.807, 2.05) is 49.5 Å². The highest BCUT2D eigenvalue weighted by molar-refractivity contribution is 14.1. The van der Waals surface area contributed by atoms with Crippen LogP contribution in [-0.2, 0) is 0 Å². The number of nitrogens with zero attached hydrogens (tertiary/aromatic N) is 5. The van der Waals surface area contributed by atoms with E-state index in [0.29, 0.717) is 17.8 Å². The van der Waals surface area contributed by atoms with Gasteiger partial charge in [-0.2, -0.15) is 0 Å². The number of hydrogen-bond donors (Lipinski definition) is 2. The Kier molecular flexibility index (Phi) is 7.82. The summed E-state index contributed by atoms with van der Waals surface area (Å²) < 4.78 is 6.81. The molecule has 1 fully saturated rings. The molecule has 4 rings (SSSR count). The lowest BCUT2D eigenvalue weighted by Gasteiger charge is -2.37. The number of likely N-dealkylation sites (tertiary alicyclic amines) is 1. The molecule has 3 heterocycles. The third kappa shape index (κ3) is 5.75. The number of aromatic nitrogens is 2. The molecule has 0 radical (unpaired) electrons. The predicted molar refractivity (Wildman–Crippen MR) is 148 cm³/mol. The number of H-pyrrole nitrogens is 1. The molecule has 0 unspecified atom stereocenters. The fraction of sp³-hybridized carbons (Fsp3) is 0.440. The van der Waals surface area contributed by atoms with E-state index in [9.17, 15) is 4.79 Å². The van der Waals surface area contributed by atoms with E-state index < -0.39 is 0 Å². The molecular weight excluding hydrogens is 541 g/mol. The standard InChI is InChI=1S/C25H34IN7O/c1-17(2)28-22-7-6-12-27-24(22)32(5)20-10-13-33(14-11-20)25(34)23-16-18-15-19(30-26-31(3)4)8-9-21(18)29-23/h6-9,12,15-17,20,28-29H,10-11,13-14H2,1-5H3. The van der Waals surface area contributed by atoms with Crippen LogP contribution in [0.2, 0.25) is 0 Å². The summed E-state index contributed by atoms with van der Waals surface area (Å²) in [6.45, 7) is 5.73. The Hall–Kier alpha value is -2.53. The van der Waals surface area contributed by atoms with Crippen LogP contribution < -0.4 is 10.2 Å². The van der Waals surface area contributed by atoms with Crippen LogP contribution in [0.5, 0.6) is 0 Å². The number of anilines is 2. The Morgan fingerprint density at radius 3 is 2.68 bits per heavy atom. The molecule has 0 aliphatic carbocycles. The topological polar surface area (TPSA) is 79.9 Å². The minimum absolute atomic E-state index is 0.0662. The summed E-state index contributed by atoms with van der Waals surface area (Å²) in [6.07, 6.45) is 3.67. The first-order valence-corrected chi connectivity index (χ1v) is 13.6. The highest BCUT2D eigenvalue weighted by Crippen LogP contribution is 2.29. The van der Waals surface area contributed by atoms with E-state index in [2.05, 4.69) is 59.5 Å². The molecule has 0 spiro atoms. The lowest BCUT2D eigenvalue weighted by Crippen LogP contribution is -2.46. The number of amides is 1. The quantitative estimate of drug-likeness (QED) is 0.292. The second kappa shape index (κ2) is 10.8. The van der Waals surface area contributed by atoms with Gasteiger partial charge in [0.25, 0.3) is 5.91 Å². The molecule has 0 bridgehead atoms. The van der Waals surface area contributed by atoms with Crippen LogP contribution in [0.15, 0.2) is 45.7 Å². The van der Waals surface area contributed by atoms with Gasteiger partial charge >= 0.3 is 0 Å².